The number of hydrogen-bond acceptors (Lipinski definition) is 2. The van der Waals surface area contributed by atoms with Crippen molar-refractivity contribution in [2.45, 2.75) is 25.5 Å². The molecule has 2 atom stereocenters. The summed E-state index contributed by atoms with van der Waals surface area (Å²) in [5, 5.41) is 0. The zero-order chi connectivity index (χ0) is 9.26. The van der Waals surface area contributed by atoms with E-state index in [0.29, 0.717) is 0 Å². The summed E-state index contributed by atoms with van der Waals surface area (Å²) in [4.78, 5) is 0. The largest absolute Gasteiger partial charge is 0.376 e. The van der Waals surface area contributed by atoms with Gasteiger partial charge in [0.15, 0.2) is 0 Å². The fraction of sp³-hybridized carbons (Fsp3) is 0.455. The van der Waals surface area contributed by atoms with Crippen molar-refractivity contribution in [1.29, 1.82) is 0 Å². The molecule has 0 saturated heterocycles. The molecule has 2 nitrogen and oxygen atoms in total. The van der Waals surface area contributed by atoms with Gasteiger partial charge in [-0.05, 0) is 18.1 Å². The molecule has 0 spiro atoms. The highest BCUT2D eigenvalue weighted by molar-refractivity contribution is 5.36. The van der Waals surface area contributed by atoms with Gasteiger partial charge in [0.25, 0.3) is 0 Å². The van der Waals surface area contributed by atoms with Gasteiger partial charge in [-0.1, -0.05) is 24.3 Å². The fourth-order valence-corrected chi connectivity index (χ4v) is 1.97. The maximum atomic E-state index is 6.05. The minimum absolute atomic E-state index is 0.0659. The monoisotopic (exact) mass is 177 g/mol. The maximum absolute atomic E-state index is 6.05. The molecule has 1 aromatic carbocycles. The smallest absolute Gasteiger partial charge is 0.0807 e. The van der Waals surface area contributed by atoms with Gasteiger partial charge in [-0.2, -0.15) is 0 Å². The average Bonchev–Trinajstić information content (AvgIpc) is 2.46. The molecule has 2 heteroatoms. The normalized spacial score (nSPS) is 26.0. The second-order valence-electron chi connectivity index (χ2n) is 3.42. The summed E-state index contributed by atoms with van der Waals surface area (Å²) in [6.45, 7) is 2.75. The SMILES string of the molecule is CCO[C@@H]1Cc2ccccc2C1N. The van der Waals surface area contributed by atoms with Crippen LogP contribution in [0.15, 0.2) is 24.3 Å². The summed E-state index contributed by atoms with van der Waals surface area (Å²) in [5.41, 5.74) is 8.64. The van der Waals surface area contributed by atoms with E-state index in [9.17, 15) is 0 Å². The lowest BCUT2D eigenvalue weighted by Gasteiger charge is -2.15. The van der Waals surface area contributed by atoms with E-state index in [-0.39, 0.29) is 12.1 Å². The van der Waals surface area contributed by atoms with Crippen molar-refractivity contribution in [2.24, 2.45) is 5.73 Å². The molecule has 1 aromatic rings. The van der Waals surface area contributed by atoms with Gasteiger partial charge in [-0.15, -0.1) is 0 Å². The number of nitrogens with two attached hydrogens (primary N) is 1. The second-order valence-corrected chi connectivity index (χ2v) is 3.42. The molecule has 0 fully saturated rings. The third kappa shape index (κ3) is 1.47. The third-order valence-electron chi connectivity index (χ3n) is 2.62. The molecule has 0 aliphatic heterocycles. The summed E-state index contributed by atoms with van der Waals surface area (Å²) in [7, 11) is 0. The Bertz CT molecular complexity index is 298. The van der Waals surface area contributed by atoms with Crippen molar-refractivity contribution in [1.82, 2.24) is 0 Å². The highest BCUT2D eigenvalue weighted by atomic mass is 16.5. The number of hydrogen-bond donors (Lipinski definition) is 1. The van der Waals surface area contributed by atoms with Crippen LogP contribution in [0, 0.1) is 0 Å². The Morgan fingerprint density at radius 3 is 2.92 bits per heavy atom. The van der Waals surface area contributed by atoms with Crippen molar-refractivity contribution in [3.8, 4) is 0 Å². The first-order chi connectivity index (χ1) is 6.33. The Hall–Kier alpha value is -0.860. The van der Waals surface area contributed by atoms with Crippen LogP contribution < -0.4 is 5.73 Å². The zero-order valence-electron chi connectivity index (χ0n) is 7.86. The van der Waals surface area contributed by atoms with Crippen LogP contribution in [-0.2, 0) is 11.2 Å². The van der Waals surface area contributed by atoms with Gasteiger partial charge < -0.3 is 10.5 Å². The molecule has 2 rings (SSSR count). The lowest BCUT2D eigenvalue weighted by atomic mass is 10.1. The first-order valence-corrected chi connectivity index (χ1v) is 4.78. The van der Waals surface area contributed by atoms with Crippen LogP contribution in [0.25, 0.3) is 0 Å². The van der Waals surface area contributed by atoms with E-state index < -0.39 is 0 Å². The molecule has 0 bridgehead atoms. The topological polar surface area (TPSA) is 35.2 Å². The Morgan fingerprint density at radius 2 is 2.23 bits per heavy atom. The lowest BCUT2D eigenvalue weighted by Crippen LogP contribution is -2.24. The molecular formula is C11H15NO. The maximum Gasteiger partial charge on any atom is 0.0807 e. The molecule has 1 aliphatic carbocycles. The molecular weight excluding hydrogens is 162 g/mol. The standard InChI is InChI=1S/C11H15NO/c1-2-13-10-7-8-5-3-4-6-9(8)11(10)12/h3-6,10-11H,2,7,12H2,1H3/t10-,11?/m1/s1. The summed E-state index contributed by atoms with van der Waals surface area (Å²) < 4.78 is 5.57. The quantitative estimate of drug-likeness (QED) is 0.745. The van der Waals surface area contributed by atoms with Crippen LogP contribution in [0.3, 0.4) is 0 Å². The molecule has 0 saturated carbocycles. The molecule has 13 heavy (non-hydrogen) atoms. The Kier molecular flexibility index (Phi) is 2.34. The van der Waals surface area contributed by atoms with Crippen LogP contribution in [0.1, 0.15) is 24.1 Å². The number of rotatable bonds is 2. The van der Waals surface area contributed by atoms with Crippen LogP contribution in [0.4, 0.5) is 0 Å². The predicted octanol–water partition coefficient (Wildman–Crippen LogP) is 1.65. The second kappa shape index (κ2) is 3.48. The molecule has 0 heterocycles. The summed E-state index contributed by atoms with van der Waals surface area (Å²) in [6, 6.07) is 8.39. The van der Waals surface area contributed by atoms with Crippen LogP contribution >= 0.6 is 0 Å². The lowest BCUT2D eigenvalue weighted by molar-refractivity contribution is 0.0529. The first kappa shape index (κ1) is 8.73. The Balaban J connectivity index is 2.22. The number of benzene rings is 1. The van der Waals surface area contributed by atoms with E-state index >= 15 is 0 Å². The molecule has 0 aromatic heterocycles. The highest BCUT2D eigenvalue weighted by Gasteiger charge is 2.29. The van der Waals surface area contributed by atoms with E-state index in [1.54, 1.807) is 0 Å². The fourth-order valence-electron chi connectivity index (χ4n) is 1.97. The van der Waals surface area contributed by atoms with E-state index in [2.05, 4.69) is 18.2 Å². The van der Waals surface area contributed by atoms with Crippen LogP contribution in [0.5, 0.6) is 0 Å². The van der Waals surface area contributed by atoms with Crippen molar-refractivity contribution in [3.63, 3.8) is 0 Å². The van der Waals surface area contributed by atoms with Crippen LogP contribution in [0.2, 0.25) is 0 Å². The predicted molar refractivity (Wildman–Crippen MR) is 52.5 cm³/mol. The van der Waals surface area contributed by atoms with E-state index in [1.807, 2.05) is 13.0 Å². The molecule has 1 unspecified atom stereocenters. The Morgan fingerprint density at radius 1 is 1.46 bits per heavy atom. The van der Waals surface area contributed by atoms with Crippen molar-refractivity contribution >= 4 is 0 Å². The van der Waals surface area contributed by atoms with Gasteiger partial charge in [0.1, 0.15) is 0 Å². The van der Waals surface area contributed by atoms with Gasteiger partial charge in [-0.25, -0.2) is 0 Å². The van der Waals surface area contributed by atoms with Gasteiger partial charge >= 0.3 is 0 Å². The van der Waals surface area contributed by atoms with Crippen molar-refractivity contribution in [3.05, 3.63) is 35.4 Å². The summed E-state index contributed by atoms with van der Waals surface area (Å²) >= 11 is 0. The molecule has 1 aliphatic rings. The minimum atomic E-state index is 0.0659. The van der Waals surface area contributed by atoms with Gasteiger partial charge in [0, 0.05) is 13.0 Å². The van der Waals surface area contributed by atoms with Crippen molar-refractivity contribution < 1.29 is 4.74 Å². The highest BCUT2D eigenvalue weighted by Crippen LogP contribution is 2.30. The van der Waals surface area contributed by atoms with E-state index in [1.165, 1.54) is 11.1 Å². The average molecular weight is 177 g/mol. The van der Waals surface area contributed by atoms with E-state index in [4.69, 9.17) is 10.5 Å². The summed E-state index contributed by atoms with van der Waals surface area (Å²) in [6.07, 6.45) is 1.15. The minimum Gasteiger partial charge on any atom is -0.376 e. The molecule has 2 N–H and O–H groups in total. The zero-order valence-corrected chi connectivity index (χ0v) is 7.86. The Labute approximate surface area is 78.7 Å². The van der Waals surface area contributed by atoms with Gasteiger partial charge in [0.05, 0.1) is 12.1 Å². The van der Waals surface area contributed by atoms with Gasteiger partial charge in [0.2, 0.25) is 0 Å². The molecule has 0 radical (unpaired) electrons. The number of ether oxygens (including phenoxy) is 1. The number of fused-ring (bicyclic) bond motifs is 1. The first-order valence-electron chi connectivity index (χ1n) is 4.78. The van der Waals surface area contributed by atoms with Crippen molar-refractivity contribution in [2.75, 3.05) is 6.61 Å². The molecule has 0 amide bonds. The summed E-state index contributed by atoms with van der Waals surface area (Å²) in [5.74, 6) is 0. The van der Waals surface area contributed by atoms with E-state index in [0.717, 1.165) is 13.0 Å². The molecule has 70 valence electrons. The van der Waals surface area contributed by atoms with Gasteiger partial charge in [-0.3, -0.25) is 0 Å². The van der Waals surface area contributed by atoms with Crippen LogP contribution in [-0.4, -0.2) is 12.7 Å². The third-order valence-corrected chi connectivity index (χ3v) is 2.62.